The zero-order valence-electron chi connectivity index (χ0n) is 11.3. The van der Waals surface area contributed by atoms with Crippen molar-refractivity contribution < 1.29 is 24.6 Å². The van der Waals surface area contributed by atoms with E-state index < -0.39 is 40.8 Å². The minimum atomic E-state index is -1.40. The molecule has 0 amide bonds. The van der Waals surface area contributed by atoms with Crippen LogP contribution in [-0.2, 0) is 14.4 Å². The molecule has 0 aliphatic carbocycles. The Kier molecular flexibility index (Phi) is 3.04. The molecule has 0 radical (unpaired) electrons. The molecular weight excluding hydrogens is 282 g/mol. The van der Waals surface area contributed by atoms with E-state index in [-0.39, 0.29) is 18.9 Å². The molecule has 1 N–H and O–H groups in total. The quantitative estimate of drug-likeness (QED) is 0.408. The molecule has 7 unspecified atom stereocenters. The number of hydrogen-bond donors (Lipinski definition) is 1. The molecule has 3 aliphatic rings. The minimum Gasteiger partial charge on any atom is -0.468 e. The van der Waals surface area contributed by atoms with Crippen LogP contribution in [-0.4, -0.2) is 58.0 Å². The van der Waals surface area contributed by atoms with Crippen LogP contribution in [0.15, 0.2) is 0 Å². The highest BCUT2D eigenvalue weighted by Crippen LogP contribution is 2.56. The summed E-state index contributed by atoms with van der Waals surface area (Å²) >= 11 is 0. The van der Waals surface area contributed by atoms with Crippen molar-refractivity contribution in [3.05, 3.63) is 10.1 Å². The van der Waals surface area contributed by atoms with Gasteiger partial charge >= 0.3 is 5.97 Å². The smallest absolute Gasteiger partial charge is 0.329 e. The molecule has 4 bridgehead atoms. The molecule has 9 heteroatoms. The molecule has 0 aromatic rings. The molecule has 7 atom stereocenters. The van der Waals surface area contributed by atoms with Crippen LogP contribution in [0.2, 0.25) is 0 Å². The molecule has 3 rings (SSSR count). The number of rotatable bonds is 3. The summed E-state index contributed by atoms with van der Waals surface area (Å²) in [6.45, 7) is 0. The monoisotopic (exact) mass is 297 g/mol. The lowest BCUT2D eigenvalue weighted by atomic mass is 9.77. The van der Waals surface area contributed by atoms with E-state index in [1.807, 2.05) is 0 Å². The van der Waals surface area contributed by atoms with Gasteiger partial charge in [-0.2, -0.15) is 5.26 Å². The summed E-state index contributed by atoms with van der Waals surface area (Å²) in [4.78, 5) is 29.4. The number of ether oxygens (including phenoxy) is 1. The molecule has 3 fully saturated rings. The summed E-state index contributed by atoms with van der Waals surface area (Å²) in [5.41, 5.74) is -1.40. The van der Waals surface area contributed by atoms with Crippen LogP contribution in [0.3, 0.4) is 0 Å². The summed E-state index contributed by atoms with van der Waals surface area (Å²) in [7, 11) is 1.21. The number of methoxy groups -OCH3 is 1. The molecule has 0 spiro atoms. The third-order valence-electron chi connectivity index (χ3n) is 5.04. The van der Waals surface area contributed by atoms with E-state index in [2.05, 4.69) is 6.07 Å². The Morgan fingerprint density at radius 3 is 2.81 bits per heavy atom. The first-order valence-corrected chi connectivity index (χ1v) is 6.72. The molecule has 114 valence electrons. The molecule has 3 saturated heterocycles. The van der Waals surface area contributed by atoms with Crippen molar-refractivity contribution >= 4 is 5.97 Å². The van der Waals surface area contributed by atoms with Crippen LogP contribution in [0.4, 0.5) is 0 Å². The first-order chi connectivity index (χ1) is 9.96. The summed E-state index contributed by atoms with van der Waals surface area (Å²) in [5.74, 6) is -1.29. The number of carbonyl (C=O) groups is 1. The Balaban J connectivity index is 2.08. The standard InChI is InChI=1S/C12H15N3O6/c1-20-11(17)12-8-2-7(5-13)14(12)6(4-10(12)16)3-9(8)21-15(18)19/h6-10,16H,2-4H2,1H3. The number of aliphatic hydroxyl groups is 1. The van der Waals surface area contributed by atoms with Gasteiger partial charge in [-0.25, -0.2) is 4.79 Å². The van der Waals surface area contributed by atoms with Gasteiger partial charge in [-0.05, 0) is 19.3 Å². The molecule has 21 heavy (non-hydrogen) atoms. The van der Waals surface area contributed by atoms with E-state index in [1.165, 1.54) is 7.11 Å². The van der Waals surface area contributed by atoms with Crippen molar-refractivity contribution in [3.8, 4) is 6.07 Å². The van der Waals surface area contributed by atoms with Crippen molar-refractivity contribution in [2.45, 2.75) is 49.1 Å². The SMILES string of the molecule is COC(=O)C12C(O)CC3CC(O[N+](=O)[O-])C1CC(C#N)N32. The van der Waals surface area contributed by atoms with Crippen LogP contribution in [0.25, 0.3) is 0 Å². The second-order valence-corrected chi connectivity index (χ2v) is 5.72. The van der Waals surface area contributed by atoms with Gasteiger partial charge in [0, 0.05) is 12.0 Å². The topological polar surface area (TPSA) is 126 Å². The summed E-state index contributed by atoms with van der Waals surface area (Å²) < 4.78 is 4.83. The van der Waals surface area contributed by atoms with Gasteiger partial charge in [0.25, 0.3) is 5.09 Å². The van der Waals surface area contributed by atoms with Gasteiger partial charge in [0.05, 0.1) is 25.3 Å². The zero-order valence-corrected chi connectivity index (χ0v) is 11.3. The second-order valence-electron chi connectivity index (χ2n) is 5.72. The van der Waals surface area contributed by atoms with Crippen LogP contribution < -0.4 is 0 Å². The second kappa shape index (κ2) is 4.54. The van der Waals surface area contributed by atoms with E-state index in [0.29, 0.717) is 6.42 Å². The Labute approximate surface area is 120 Å². The third kappa shape index (κ3) is 1.60. The highest BCUT2D eigenvalue weighted by Gasteiger charge is 2.73. The van der Waals surface area contributed by atoms with Crippen molar-refractivity contribution in [3.63, 3.8) is 0 Å². The fourth-order valence-corrected chi connectivity index (χ4v) is 4.49. The number of hydrogen-bond acceptors (Lipinski definition) is 8. The van der Waals surface area contributed by atoms with Gasteiger partial charge in [-0.3, -0.25) is 4.90 Å². The number of nitriles is 1. The van der Waals surface area contributed by atoms with Crippen LogP contribution >= 0.6 is 0 Å². The van der Waals surface area contributed by atoms with Gasteiger partial charge in [0.15, 0.2) is 5.54 Å². The summed E-state index contributed by atoms with van der Waals surface area (Å²) in [6.07, 6.45) is -0.979. The number of nitrogens with zero attached hydrogens (tertiary/aromatic N) is 3. The number of aliphatic hydroxyl groups excluding tert-OH is 1. The van der Waals surface area contributed by atoms with Crippen molar-refractivity contribution in [1.29, 1.82) is 5.26 Å². The molecule has 0 aromatic heterocycles. The normalized spacial score (nSPS) is 46.7. The maximum Gasteiger partial charge on any atom is 0.329 e. The van der Waals surface area contributed by atoms with Crippen molar-refractivity contribution in [1.82, 2.24) is 4.90 Å². The minimum absolute atomic E-state index is 0.248. The highest BCUT2D eigenvalue weighted by atomic mass is 17.0. The molecular formula is C12H15N3O6. The first-order valence-electron chi connectivity index (χ1n) is 6.72. The van der Waals surface area contributed by atoms with Gasteiger partial charge in [0.1, 0.15) is 6.10 Å². The predicted molar refractivity (Wildman–Crippen MR) is 65.0 cm³/mol. The maximum absolute atomic E-state index is 12.4. The Bertz CT molecular complexity index is 534. The van der Waals surface area contributed by atoms with Gasteiger partial charge in [-0.1, -0.05) is 0 Å². The van der Waals surface area contributed by atoms with Crippen LogP contribution in [0, 0.1) is 27.4 Å². The van der Waals surface area contributed by atoms with E-state index in [4.69, 9.17) is 9.57 Å². The lowest BCUT2D eigenvalue weighted by molar-refractivity contribution is -0.771. The van der Waals surface area contributed by atoms with E-state index in [1.54, 1.807) is 4.90 Å². The van der Waals surface area contributed by atoms with Gasteiger partial charge in [-0.15, -0.1) is 10.1 Å². The van der Waals surface area contributed by atoms with Crippen LogP contribution in [0.5, 0.6) is 0 Å². The van der Waals surface area contributed by atoms with E-state index in [9.17, 15) is 25.3 Å². The van der Waals surface area contributed by atoms with Crippen molar-refractivity contribution in [2.24, 2.45) is 5.92 Å². The number of esters is 1. The molecule has 3 heterocycles. The third-order valence-corrected chi connectivity index (χ3v) is 5.04. The predicted octanol–water partition coefficient (Wildman–Crippen LogP) is -0.774. The number of piperidine rings is 1. The molecule has 9 nitrogen and oxygen atoms in total. The lowest BCUT2D eigenvalue weighted by Crippen LogP contribution is -2.64. The fraction of sp³-hybridized carbons (Fsp3) is 0.833. The Hall–Kier alpha value is -1.92. The molecule has 0 saturated carbocycles. The van der Waals surface area contributed by atoms with Crippen molar-refractivity contribution in [2.75, 3.05) is 7.11 Å². The molecule has 0 aromatic carbocycles. The lowest BCUT2D eigenvalue weighted by Gasteiger charge is -2.44. The average Bonchev–Trinajstić information content (AvgIpc) is 2.83. The first kappa shape index (κ1) is 14.0. The summed E-state index contributed by atoms with van der Waals surface area (Å²) in [5, 5.41) is 29.5. The van der Waals surface area contributed by atoms with E-state index in [0.717, 1.165) is 0 Å². The van der Waals surface area contributed by atoms with Gasteiger partial charge in [0.2, 0.25) is 0 Å². The number of carbonyl (C=O) groups excluding carboxylic acids is 1. The maximum atomic E-state index is 12.4. The van der Waals surface area contributed by atoms with Gasteiger partial charge < -0.3 is 14.7 Å². The average molecular weight is 297 g/mol. The molecule has 3 aliphatic heterocycles. The highest BCUT2D eigenvalue weighted by molar-refractivity contribution is 5.84. The summed E-state index contributed by atoms with van der Waals surface area (Å²) in [6, 6.07) is 1.24. The fourth-order valence-electron chi connectivity index (χ4n) is 4.49. The Morgan fingerprint density at radius 2 is 2.24 bits per heavy atom. The van der Waals surface area contributed by atoms with Crippen LogP contribution in [0.1, 0.15) is 19.3 Å². The van der Waals surface area contributed by atoms with E-state index >= 15 is 0 Å². The largest absolute Gasteiger partial charge is 0.468 e. The zero-order chi connectivity index (χ0) is 15.4. The Morgan fingerprint density at radius 1 is 1.52 bits per heavy atom.